The van der Waals surface area contributed by atoms with E-state index in [2.05, 4.69) is 63.5 Å². The summed E-state index contributed by atoms with van der Waals surface area (Å²) in [5, 5.41) is 82.6. The van der Waals surface area contributed by atoms with Crippen LogP contribution >= 0.6 is 0 Å². The first-order valence-corrected chi connectivity index (χ1v) is 20.2. The summed E-state index contributed by atoms with van der Waals surface area (Å²) in [6.45, 7) is 41.3. The fraction of sp³-hybridized carbons (Fsp3) is 0.739. The average Bonchev–Trinajstić information content (AvgIpc) is 2.96. The molecule has 1 heterocycles. The number of benzene rings is 2. The van der Waals surface area contributed by atoms with Gasteiger partial charge in [-0.3, -0.25) is 9.80 Å². The van der Waals surface area contributed by atoms with Crippen LogP contribution in [0, 0.1) is 13.8 Å². The van der Waals surface area contributed by atoms with Crippen molar-refractivity contribution in [1.29, 1.82) is 0 Å². The minimum absolute atomic E-state index is 0. The van der Waals surface area contributed by atoms with Crippen LogP contribution in [-0.4, -0.2) is 72.6 Å². The van der Waals surface area contributed by atoms with Crippen LogP contribution in [0.4, 0.5) is 0 Å². The third-order valence-corrected chi connectivity index (χ3v) is 6.69. The molecule has 0 bridgehead atoms. The van der Waals surface area contributed by atoms with Crippen LogP contribution in [0.2, 0.25) is 0 Å². The minimum Gasteiger partial charge on any atom is -0.872 e. The average molecular weight is 887 g/mol. The molecule has 1 aliphatic rings. The van der Waals surface area contributed by atoms with Gasteiger partial charge in [0.25, 0.3) is 0 Å². The summed E-state index contributed by atoms with van der Waals surface area (Å²) < 4.78 is 0. The zero-order chi connectivity index (χ0) is 45.3. The molecule has 2 aromatic carbocycles. The van der Waals surface area contributed by atoms with Crippen LogP contribution in [-0.2, 0) is 67.4 Å². The van der Waals surface area contributed by atoms with E-state index in [0.717, 1.165) is 48.4 Å². The molecule has 332 valence electrons. The molecule has 0 spiro atoms. The molecule has 12 heteroatoms. The summed E-state index contributed by atoms with van der Waals surface area (Å²) in [5.74, 6) is 0.344. The van der Waals surface area contributed by atoms with Gasteiger partial charge in [0.05, 0.1) is 0 Å². The Labute approximate surface area is 386 Å². The van der Waals surface area contributed by atoms with Gasteiger partial charge in [-0.15, -0.1) is 48.1 Å². The van der Waals surface area contributed by atoms with Gasteiger partial charge >= 0.3 is 43.4 Å². The summed E-state index contributed by atoms with van der Waals surface area (Å²) >= 11 is 0. The van der Waals surface area contributed by atoms with Crippen molar-refractivity contribution in [1.82, 2.24) is 9.80 Å². The number of rotatable bonds is 4. The standard InChI is InChI=1S/C28H42N2O2.6C3H7O.2Ti/c1-19-13-23(27(3,4)5)15-21(25(19)31)17-29-9-11-30(12-10-29)18-22-16-24(28(6,7)8)14-20(2)26(22)32;6*1-3(2)4;;/h13-16,31-32H,9-12,17-18H2,1-8H3;6*3H,1-2H3;;/q;6*-1;2*+4/p-2. The maximum absolute atomic E-state index is 12.7. The molecule has 1 aliphatic heterocycles. The monoisotopic (exact) mass is 887 g/mol. The third-order valence-electron chi connectivity index (χ3n) is 6.69. The van der Waals surface area contributed by atoms with Crippen molar-refractivity contribution in [3.05, 3.63) is 57.6 Å². The van der Waals surface area contributed by atoms with Crippen molar-refractivity contribution < 1.29 is 84.3 Å². The Morgan fingerprint density at radius 3 is 0.759 bits per heavy atom. The molecule has 0 N–H and O–H groups in total. The Bertz CT molecular complexity index is 1130. The van der Waals surface area contributed by atoms with Gasteiger partial charge in [0.15, 0.2) is 0 Å². The van der Waals surface area contributed by atoms with Gasteiger partial charge in [-0.05, 0) is 46.9 Å². The van der Waals surface area contributed by atoms with E-state index >= 15 is 0 Å². The number of aryl methyl sites for hydroxylation is 2. The molecule has 1 saturated heterocycles. The number of piperazine rings is 1. The maximum Gasteiger partial charge on any atom is 4.00 e. The molecule has 0 aromatic heterocycles. The Morgan fingerprint density at radius 2 is 0.603 bits per heavy atom. The Hall–Kier alpha value is -0.851. The molecular weight excluding hydrogens is 804 g/mol. The summed E-state index contributed by atoms with van der Waals surface area (Å²) in [4.78, 5) is 4.74. The quantitative estimate of drug-likeness (QED) is 0.413. The second-order valence-corrected chi connectivity index (χ2v) is 17.9. The van der Waals surface area contributed by atoms with E-state index in [0.29, 0.717) is 13.1 Å². The maximum atomic E-state index is 12.7. The predicted octanol–water partition coefficient (Wildman–Crippen LogP) is 2.89. The molecule has 10 nitrogen and oxygen atoms in total. The first-order chi connectivity index (χ1) is 25.1. The van der Waals surface area contributed by atoms with Gasteiger partial charge < -0.3 is 40.9 Å². The molecule has 58 heavy (non-hydrogen) atoms. The van der Waals surface area contributed by atoms with Gasteiger partial charge in [0.1, 0.15) is 0 Å². The van der Waals surface area contributed by atoms with Crippen LogP contribution in [0.3, 0.4) is 0 Å². The summed E-state index contributed by atoms with van der Waals surface area (Å²) in [6, 6.07) is 8.29. The molecule has 0 amide bonds. The molecule has 3 rings (SSSR count). The van der Waals surface area contributed by atoms with Gasteiger partial charge in [-0.1, -0.05) is 160 Å². The SMILES string of the molecule is CC(C)[O-].CC(C)[O-].CC(C)[O-].CC(C)[O-].CC(C)[O-].CC(C)[O-].Cc1cc(C(C)(C)C)cc(CN2CCN(Cc3cc(C(C)(C)C)cc(C)c3[O-])CC2)c1[O-].[Ti+4].[Ti+4]. The Balaban J connectivity index is -0.000000213. The third kappa shape index (κ3) is 43.2. The summed E-state index contributed by atoms with van der Waals surface area (Å²) in [5.41, 5.74) is 5.98. The number of hydrogen-bond donors (Lipinski definition) is 0. The molecule has 2 aromatic rings. The van der Waals surface area contributed by atoms with Crippen LogP contribution in [0.5, 0.6) is 11.5 Å². The van der Waals surface area contributed by atoms with E-state index in [1.54, 1.807) is 83.1 Å². The first kappa shape index (κ1) is 68.9. The second kappa shape index (κ2) is 35.7. The van der Waals surface area contributed by atoms with Crippen LogP contribution in [0.15, 0.2) is 24.3 Å². The Morgan fingerprint density at radius 1 is 0.431 bits per heavy atom. The van der Waals surface area contributed by atoms with Gasteiger partial charge in [0.2, 0.25) is 0 Å². The first-order valence-electron chi connectivity index (χ1n) is 20.2. The molecule has 0 unspecified atom stereocenters. The van der Waals surface area contributed by atoms with E-state index < -0.39 is 36.6 Å². The van der Waals surface area contributed by atoms with Crippen molar-refractivity contribution in [2.75, 3.05) is 26.2 Å². The van der Waals surface area contributed by atoms with Crippen molar-refractivity contribution >= 4 is 0 Å². The molecular formula is C46H82N2O8Ti2. The fourth-order valence-electron chi connectivity index (χ4n) is 4.38. The van der Waals surface area contributed by atoms with Crippen LogP contribution < -0.4 is 40.9 Å². The molecule has 0 aliphatic carbocycles. The van der Waals surface area contributed by atoms with Crippen molar-refractivity contribution in [2.24, 2.45) is 0 Å². The largest absolute Gasteiger partial charge is 4.00 e. The summed E-state index contributed by atoms with van der Waals surface area (Å²) in [7, 11) is 0. The van der Waals surface area contributed by atoms with Crippen molar-refractivity contribution in [3.63, 3.8) is 0 Å². The van der Waals surface area contributed by atoms with Crippen molar-refractivity contribution in [3.8, 4) is 11.5 Å². The van der Waals surface area contributed by atoms with Crippen LogP contribution in [0.25, 0.3) is 0 Å². The van der Waals surface area contributed by atoms with E-state index in [1.807, 2.05) is 26.0 Å². The zero-order valence-corrected chi connectivity index (χ0v) is 43.3. The van der Waals surface area contributed by atoms with E-state index in [1.165, 1.54) is 11.1 Å². The summed E-state index contributed by atoms with van der Waals surface area (Å²) in [6.07, 6.45) is -2.50. The van der Waals surface area contributed by atoms with Gasteiger partial charge in [0, 0.05) is 39.3 Å². The Kier molecular flexibility index (Phi) is 42.4. The normalized spacial score (nSPS) is 12.8. The molecule has 1 fully saturated rings. The van der Waals surface area contributed by atoms with E-state index in [9.17, 15) is 40.9 Å². The van der Waals surface area contributed by atoms with Gasteiger partial charge in [-0.25, -0.2) is 0 Å². The molecule has 0 saturated carbocycles. The van der Waals surface area contributed by atoms with Crippen molar-refractivity contribution in [2.45, 2.75) is 199 Å². The van der Waals surface area contributed by atoms with Gasteiger partial charge in [-0.2, -0.15) is 0 Å². The predicted molar refractivity (Wildman–Crippen MR) is 220 cm³/mol. The second-order valence-electron chi connectivity index (χ2n) is 17.9. The topological polar surface area (TPSA) is 191 Å². The smallest absolute Gasteiger partial charge is 0.872 e. The molecule has 0 atom stereocenters. The number of hydrogen-bond acceptors (Lipinski definition) is 10. The van der Waals surface area contributed by atoms with E-state index in [-0.39, 0.29) is 65.8 Å². The minimum atomic E-state index is -0.417. The van der Waals surface area contributed by atoms with E-state index in [4.69, 9.17) is 0 Å². The number of nitrogens with zero attached hydrogens (tertiary/aromatic N) is 2. The molecule has 0 radical (unpaired) electrons. The zero-order valence-electron chi connectivity index (χ0n) is 40.2. The van der Waals surface area contributed by atoms with Crippen LogP contribution in [0.1, 0.15) is 158 Å². The fourth-order valence-corrected chi connectivity index (χ4v) is 4.38.